The molecule has 0 bridgehead atoms. The summed E-state index contributed by atoms with van der Waals surface area (Å²) >= 11 is 0. The summed E-state index contributed by atoms with van der Waals surface area (Å²) in [7, 11) is 0. The standard InChI is InChI=1S/C22H22F4N4/c23-12-15-4-5-18-21(28-15)20-16-2-1-9-29(16)10-8-17(20)30(18)11-7-14-3-6-19(27-13-14)22(24,25)26/h3-6,13,16H,1-2,7-12H2. The maximum atomic E-state index is 13.3. The zero-order valence-electron chi connectivity index (χ0n) is 16.4. The maximum absolute atomic E-state index is 13.3. The van der Waals surface area contributed by atoms with Crippen LogP contribution in [0.25, 0.3) is 11.0 Å². The molecule has 0 aromatic carbocycles. The lowest BCUT2D eigenvalue weighted by molar-refractivity contribution is -0.141. The summed E-state index contributed by atoms with van der Waals surface area (Å²) in [4.78, 5) is 10.7. The molecule has 1 unspecified atom stereocenters. The Bertz CT molecular complexity index is 1070. The zero-order chi connectivity index (χ0) is 20.9. The van der Waals surface area contributed by atoms with Crippen LogP contribution in [0.4, 0.5) is 17.6 Å². The van der Waals surface area contributed by atoms with Crippen molar-refractivity contribution in [2.24, 2.45) is 0 Å². The van der Waals surface area contributed by atoms with Gasteiger partial charge in [0.15, 0.2) is 0 Å². The van der Waals surface area contributed by atoms with Crippen molar-refractivity contribution in [3.8, 4) is 0 Å². The van der Waals surface area contributed by atoms with Crippen LogP contribution in [0.3, 0.4) is 0 Å². The lowest BCUT2D eigenvalue weighted by Gasteiger charge is -2.30. The van der Waals surface area contributed by atoms with Crippen LogP contribution in [0.5, 0.6) is 0 Å². The highest BCUT2D eigenvalue weighted by Crippen LogP contribution is 2.42. The van der Waals surface area contributed by atoms with Crippen LogP contribution in [0.15, 0.2) is 30.5 Å². The Labute approximate surface area is 171 Å². The van der Waals surface area contributed by atoms with E-state index in [0.29, 0.717) is 24.7 Å². The van der Waals surface area contributed by atoms with Crippen molar-refractivity contribution < 1.29 is 17.6 Å². The van der Waals surface area contributed by atoms with Crippen LogP contribution in [-0.4, -0.2) is 32.5 Å². The average molecular weight is 418 g/mol. The van der Waals surface area contributed by atoms with Crippen molar-refractivity contribution >= 4 is 11.0 Å². The van der Waals surface area contributed by atoms with Gasteiger partial charge in [-0.25, -0.2) is 9.37 Å². The third kappa shape index (κ3) is 3.27. The second kappa shape index (κ2) is 7.34. The molecule has 0 radical (unpaired) electrons. The van der Waals surface area contributed by atoms with Crippen LogP contribution in [0.2, 0.25) is 0 Å². The van der Waals surface area contributed by atoms with Gasteiger partial charge in [-0.1, -0.05) is 6.07 Å². The monoisotopic (exact) mass is 418 g/mol. The minimum atomic E-state index is -4.43. The summed E-state index contributed by atoms with van der Waals surface area (Å²) in [6.45, 7) is 2.10. The Morgan fingerprint density at radius 1 is 1.10 bits per heavy atom. The molecule has 4 nitrogen and oxygen atoms in total. The van der Waals surface area contributed by atoms with Gasteiger partial charge in [-0.2, -0.15) is 13.2 Å². The lowest BCUT2D eigenvalue weighted by atomic mass is 9.98. The van der Waals surface area contributed by atoms with Gasteiger partial charge >= 0.3 is 6.18 Å². The quantitative estimate of drug-likeness (QED) is 0.568. The molecule has 2 aliphatic rings. The fourth-order valence-electron chi connectivity index (χ4n) is 4.94. The van der Waals surface area contributed by atoms with E-state index >= 15 is 0 Å². The van der Waals surface area contributed by atoms with Crippen molar-refractivity contribution in [2.75, 3.05) is 13.1 Å². The predicted molar refractivity (Wildman–Crippen MR) is 105 cm³/mol. The van der Waals surface area contributed by atoms with Gasteiger partial charge in [-0.3, -0.25) is 9.88 Å². The minimum absolute atomic E-state index is 0.326. The van der Waals surface area contributed by atoms with Crippen molar-refractivity contribution in [2.45, 2.75) is 51.1 Å². The Morgan fingerprint density at radius 2 is 1.97 bits per heavy atom. The van der Waals surface area contributed by atoms with E-state index in [1.54, 1.807) is 6.07 Å². The summed E-state index contributed by atoms with van der Waals surface area (Å²) < 4.78 is 53.8. The predicted octanol–water partition coefficient (Wildman–Crippen LogP) is 4.86. The van der Waals surface area contributed by atoms with Crippen LogP contribution >= 0.6 is 0 Å². The number of hydrogen-bond donors (Lipinski definition) is 0. The minimum Gasteiger partial charge on any atom is -0.343 e. The van der Waals surface area contributed by atoms with E-state index < -0.39 is 18.5 Å². The molecule has 1 saturated heterocycles. The Hall–Kier alpha value is -2.48. The number of nitrogens with zero attached hydrogens (tertiary/aromatic N) is 4. The van der Waals surface area contributed by atoms with Gasteiger partial charge in [0, 0.05) is 43.0 Å². The highest BCUT2D eigenvalue weighted by atomic mass is 19.4. The zero-order valence-corrected chi connectivity index (χ0v) is 16.4. The second-order valence-corrected chi connectivity index (χ2v) is 8.06. The molecule has 0 aliphatic carbocycles. The van der Waals surface area contributed by atoms with Crippen molar-refractivity contribution in [3.63, 3.8) is 0 Å². The van der Waals surface area contributed by atoms with E-state index in [1.165, 1.54) is 23.5 Å². The summed E-state index contributed by atoms with van der Waals surface area (Å²) in [5.41, 5.74) is 4.62. The van der Waals surface area contributed by atoms with Crippen LogP contribution in [0.1, 0.15) is 47.1 Å². The van der Waals surface area contributed by atoms with E-state index in [9.17, 15) is 17.6 Å². The Kier molecular flexibility index (Phi) is 4.76. The number of fused-ring (bicyclic) bond motifs is 5. The molecule has 0 N–H and O–H groups in total. The largest absolute Gasteiger partial charge is 0.433 e. The molecule has 3 aromatic heterocycles. The van der Waals surface area contributed by atoms with Crippen LogP contribution in [-0.2, 0) is 32.2 Å². The van der Waals surface area contributed by atoms with Gasteiger partial charge in [0.25, 0.3) is 0 Å². The molecule has 0 amide bonds. The third-order valence-corrected chi connectivity index (χ3v) is 6.32. The Morgan fingerprint density at radius 3 is 2.70 bits per heavy atom. The molecule has 1 fully saturated rings. The van der Waals surface area contributed by atoms with E-state index in [-0.39, 0.29) is 0 Å². The number of alkyl halides is 4. The van der Waals surface area contributed by atoms with Gasteiger partial charge in [0.2, 0.25) is 0 Å². The maximum Gasteiger partial charge on any atom is 0.433 e. The number of pyridine rings is 2. The molecule has 3 aromatic rings. The highest BCUT2D eigenvalue weighted by molar-refractivity contribution is 5.83. The molecule has 8 heteroatoms. The van der Waals surface area contributed by atoms with E-state index in [2.05, 4.69) is 19.4 Å². The molecule has 30 heavy (non-hydrogen) atoms. The summed E-state index contributed by atoms with van der Waals surface area (Å²) in [6.07, 6.45) is 0.576. The average Bonchev–Trinajstić information content (AvgIpc) is 3.33. The molecule has 0 saturated carbocycles. The highest BCUT2D eigenvalue weighted by Gasteiger charge is 2.36. The molecule has 5 rings (SSSR count). The van der Waals surface area contributed by atoms with E-state index in [1.807, 2.05) is 6.07 Å². The van der Waals surface area contributed by atoms with Crippen molar-refractivity contribution in [1.82, 2.24) is 19.4 Å². The first-order valence-electron chi connectivity index (χ1n) is 10.3. The molecule has 5 heterocycles. The summed E-state index contributed by atoms with van der Waals surface area (Å²) in [6, 6.07) is 6.50. The normalized spacial score (nSPS) is 19.3. The Balaban J connectivity index is 1.50. The molecule has 1 atom stereocenters. The molecule has 158 valence electrons. The SMILES string of the molecule is FCc1ccc2c(n1)c1c(n2CCc2ccc(C(F)(F)F)nc2)CCN2CCCC12. The fraction of sp³-hybridized carbons (Fsp3) is 0.455. The van der Waals surface area contributed by atoms with Gasteiger partial charge in [-0.05, 0) is 49.6 Å². The second-order valence-electron chi connectivity index (χ2n) is 8.06. The molecule has 0 spiro atoms. The van der Waals surface area contributed by atoms with E-state index in [4.69, 9.17) is 0 Å². The summed E-state index contributed by atoms with van der Waals surface area (Å²) in [5.74, 6) is 0. The summed E-state index contributed by atoms with van der Waals surface area (Å²) in [5, 5.41) is 0. The van der Waals surface area contributed by atoms with Gasteiger partial charge in [0.1, 0.15) is 12.4 Å². The molecular formula is C22H22F4N4. The fourth-order valence-corrected chi connectivity index (χ4v) is 4.94. The first-order valence-corrected chi connectivity index (χ1v) is 10.3. The number of rotatable bonds is 4. The number of aryl methyl sites for hydroxylation is 2. The third-order valence-electron chi connectivity index (χ3n) is 6.32. The van der Waals surface area contributed by atoms with Crippen LogP contribution in [0, 0.1) is 0 Å². The molecular weight excluding hydrogens is 396 g/mol. The van der Waals surface area contributed by atoms with Gasteiger partial charge < -0.3 is 4.57 Å². The van der Waals surface area contributed by atoms with E-state index in [0.717, 1.165) is 55.0 Å². The smallest absolute Gasteiger partial charge is 0.343 e. The van der Waals surface area contributed by atoms with Crippen molar-refractivity contribution in [3.05, 3.63) is 58.7 Å². The van der Waals surface area contributed by atoms with Gasteiger partial charge in [-0.15, -0.1) is 0 Å². The first-order chi connectivity index (χ1) is 14.5. The van der Waals surface area contributed by atoms with Crippen LogP contribution < -0.4 is 0 Å². The topological polar surface area (TPSA) is 34.0 Å². The van der Waals surface area contributed by atoms with Crippen molar-refractivity contribution in [1.29, 1.82) is 0 Å². The number of hydrogen-bond acceptors (Lipinski definition) is 3. The van der Waals surface area contributed by atoms with Gasteiger partial charge in [0.05, 0.1) is 16.7 Å². The number of aromatic nitrogens is 3. The first kappa shape index (κ1) is 19.5. The number of halogens is 4. The lowest BCUT2D eigenvalue weighted by Crippen LogP contribution is -2.31. The molecule has 2 aliphatic heterocycles.